The van der Waals surface area contributed by atoms with Crippen LogP contribution < -0.4 is 24.4 Å². The van der Waals surface area contributed by atoms with E-state index in [0.717, 1.165) is 9.13 Å². The molecule has 0 aliphatic rings. The average Bonchev–Trinajstić information content (AvgIpc) is 2.74. The van der Waals surface area contributed by atoms with Crippen molar-refractivity contribution in [3.05, 3.63) is 45.0 Å². The smallest absolute Gasteiger partial charge is 0.271 e. The summed E-state index contributed by atoms with van der Waals surface area (Å²) in [5, 5.41) is 4.03. The fourth-order valence-corrected chi connectivity index (χ4v) is 3.27. The zero-order valence-corrected chi connectivity index (χ0v) is 19.2. The highest BCUT2D eigenvalue weighted by Crippen LogP contribution is 2.33. The molecular formula is C22H23IN2O5. The van der Waals surface area contributed by atoms with E-state index < -0.39 is 0 Å². The third-order valence-corrected chi connectivity index (χ3v) is 4.54. The third-order valence-electron chi connectivity index (χ3n) is 3.74. The van der Waals surface area contributed by atoms with Crippen LogP contribution in [0.1, 0.15) is 29.8 Å². The van der Waals surface area contributed by atoms with E-state index in [0.29, 0.717) is 41.8 Å². The van der Waals surface area contributed by atoms with Gasteiger partial charge >= 0.3 is 0 Å². The second-order valence-corrected chi connectivity index (χ2v) is 6.92. The molecule has 2 rings (SSSR count). The predicted molar refractivity (Wildman–Crippen MR) is 124 cm³/mol. The molecule has 1 N–H and O–H groups in total. The number of amides is 1. The zero-order valence-electron chi connectivity index (χ0n) is 17.0. The van der Waals surface area contributed by atoms with Crippen molar-refractivity contribution >= 4 is 34.7 Å². The van der Waals surface area contributed by atoms with E-state index in [1.807, 2.05) is 19.9 Å². The Morgan fingerprint density at radius 3 is 2.53 bits per heavy atom. The lowest BCUT2D eigenvalue weighted by Crippen LogP contribution is -2.17. The van der Waals surface area contributed by atoms with Gasteiger partial charge in [-0.1, -0.05) is 5.92 Å². The third kappa shape index (κ3) is 6.29. The maximum absolute atomic E-state index is 12.4. The van der Waals surface area contributed by atoms with Gasteiger partial charge in [-0.2, -0.15) is 5.10 Å². The van der Waals surface area contributed by atoms with Gasteiger partial charge in [0.15, 0.2) is 23.0 Å². The molecule has 1 amide bonds. The molecule has 0 radical (unpaired) electrons. The Hall–Kier alpha value is -2.93. The summed E-state index contributed by atoms with van der Waals surface area (Å²) in [5.74, 6) is 4.25. The van der Waals surface area contributed by atoms with Crippen LogP contribution in [0.2, 0.25) is 0 Å². The first-order chi connectivity index (χ1) is 14.5. The average molecular weight is 522 g/mol. The minimum atomic E-state index is -0.370. The lowest BCUT2D eigenvalue weighted by atomic mass is 10.2. The molecule has 7 nitrogen and oxygen atoms in total. The van der Waals surface area contributed by atoms with Crippen LogP contribution in [0.25, 0.3) is 0 Å². The molecule has 2 aromatic carbocycles. The molecule has 0 aromatic heterocycles. The summed E-state index contributed by atoms with van der Waals surface area (Å²) in [5.41, 5.74) is 3.64. The second-order valence-electron chi connectivity index (χ2n) is 5.75. The molecule has 0 aliphatic heterocycles. The van der Waals surface area contributed by atoms with Crippen molar-refractivity contribution < 1.29 is 23.7 Å². The van der Waals surface area contributed by atoms with E-state index in [2.05, 4.69) is 39.0 Å². The highest BCUT2D eigenvalue weighted by atomic mass is 127. The van der Waals surface area contributed by atoms with E-state index in [-0.39, 0.29) is 12.5 Å². The number of rotatable bonds is 10. The lowest BCUT2D eigenvalue weighted by molar-refractivity contribution is 0.0954. The van der Waals surface area contributed by atoms with E-state index in [4.69, 9.17) is 25.4 Å². The Morgan fingerprint density at radius 2 is 1.87 bits per heavy atom. The molecule has 0 saturated carbocycles. The van der Waals surface area contributed by atoms with Crippen LogP contribution >= 0.6 is 22.6 Å². The van der Waals surface area contributed by atoms with E-state index in [1.54, 1.807) is 31.4 Å². The molecule has 158 valence electrons. The van der Waals surface area contributed by atoms with Crippen molar-refractivity contribution in [1.29, 1.82) is 0 Å². The van der Waals surface area contributed by atoms with Crippen molar-refractivity contribution in [2.24, 2.45) is 5.10 Å². The summed E-state index contributed by atoms with van der Waals surface area (Å²) in [6.07, 6.45) is 6.76. The monoisotopic (exact) mass is 522 g/mol. The maximum atomic E-state index is 12.4. The van der Waals surface area contributed by atoms with Crippen LogP contribution in [0, 0.1) is 15.9 Å². The Bertz CT molecular complexity index is 953. The van der Waals surface area contributed by atoms with Crippen molar-refractivity contribution in [2.45, 2.75) is 13.8 Å². The van der Waals surface area contributed by atoms with Crippen molar-refractivity contribution in [3.63, 3.8) is 0 Å². The van der Waals surface area contributed by atoms with Gasteiger partial charge < -0.3 is 18.9 Å². The van der Waals surface area contributed by atoms with Gasteiger partial charge in [0.25, 0.3) is 5.91 Å². The van der Waals surface area contributed by atoms with E-state index in [9.17, 15) is 4.79 Å². The normalized spacial score (nSPS) is 10.4. The predicted octanol–water partition coefficient (Wildman–Crippen LogP) is 3.87. The first kappa shape index (κ1) is 23.3. The van der Waals surface area contributed by atoms with Gasteiger partial charge in [0.2, 0.25) is 0 Å². The minimum Gasteiger partial charge on any atom is -0.493 e. The second kappa shape index (κ2) is 11.9. The largest absolute Gasteiger partial charge is 0.493 e. The number of benzene rings is 2. The van der Waals surface area contributed by atoms with Crippen LogP contribution in [0.4, 0.5) is 0 Å². The Labute approximate surface area is 189 Å². The number of methoxy groups -OCH3 is 1. The standard InChI is InChI=1S/C22H23IN2O5/c1-5-10-30-21-17(23)11-15(12-20(21)27-4)14-24-25-22(26)16-8-9-18(28-6-2)19(13-16)29-7-3/h1,8-9,11-14H,6-7,10H2,2-4H3,(H,25,26)/b24-14+. The fourth-order valence-electron chi connectivity index (χ4n) is 2.49. The number of hydrazone groups is 1. The molecule has 30 heavy (non-hydrogen) atoms. The molecule has 0 fully saturated rings. The Morgan fingerprint density at radius 1 is 1.13 bits per heavy atom. The molecule has 0 saturated heterocycles. The summed E-state index contributed by atoms with van der Waals surface area (Å²) in [6.45, 7) is 4.86. The van der Waals surface area contributed by atoms with Gasteiger partial charge in [-0.05, 0) is 72.3 Å². The molecule has 0 aliphatic carbocycles. The van der Waals surface area contributed by atoms with Gasteiger partial charge in [0.05, 0.1) is 30.1 Å². The SMILES string of the molecule is C#CCOc1c(I)cc(/C=N/NC(=O)c2ccc(OCC)c(OCC)c2)cc1OC. The quantitative estimate of drug-likeness (QED) is 0.222. The summed E-state index contributed by atoms with van der Waals surface area (Å²) in [7, 11) is 1.54. The molecular weight excluding hydrogens is 499 g/mol. The van der Waals surface area contributed by atoms with Crippen LogP contribution in [0.15, 0.2) is 35.4 Å². The molecule has 0 heterocycles. The van der Waals surface area contributed by atoms with E-state index in [1.165, 1.54) is 6.21 Å². The number of carbonyl (C=O) groups excluding carboxylic acids is 1. The summed E-state index contributed by atoms with van der Waals surface area (Å²) >= 11 is 2.12. The number of ether oxygens (including phenoxy) is 4. The van der Waals surface area contributed by atoms with Crippen LogP contribution in [0.5, 0.6) is 23.0 Å². The van der Waals surface area contributed by atoms with Gasteiger partial charge in [0.1, 0.15) is 6.61 Å². The van der Waals surface area contributed by atoms with Crippen molar-refractivity contribution in [1.82, 2.24) is 5.43 Å². The topological polar surface area (TPSA) is 78.4 Å². The molecule has 2 aromatic rings. The summed E-state index contributed by atoms with van der Waals surface area (Å²) in [6, 6.07) is 8.57. The van der Waals surface area contributed by atoms with Crippen molar-refractivity contribution in [2.75, 3.05) is 26.9 Å². The first-order valence-corrected chi connectivity index (χ1v) is 10.3. The maximum Gasteiger partial charge on any atom is 0.271 e. The molecule has 8 heteroatoms. The number of terminal acetylenes is 1. The van der Waals surface area contributed by atoms with E-state index >= 15 is 0 Å². The molecule has 0 unspecified atom stereocenters. The van der Waals surface area contributed by atoms with Crippen molar-refractivity contribution in [3.8, 4) is 35.3 Å². The Balaban J connectivity index is 2.13. The Kier molecular flexibility index (Phi) is 9.28. The zero-order chi connectivity index (χ0) is 21.9. The van der Waals surface area contributed by atoms with Gasteiger partial charge in [-0.25, -0.2) is 5.43 Å². The number of nitrogens with zero attached hydrogens (tertiary/aromatic N) is 1. The number of nitrogens with one attached hydrogen (secondary N) is 1. The van der Waals surface area contributed by atoms with Gasteiger partial charge in [-0.3, -0.25) is 4.79 Å². The van der Waals surface area contributed by atoms with Gasteiger partial charge in [-0.15, -0.1) is 6.42 Å². The summed E-state index contributed by atoms with van der Waals surface area (Å²) in [4.78, 5) is 12.4. The van der Waals surface area contributed by atoms with Crippen LogP contribution in [-0.2, 0) is 0 Å². The number of hydrogen-bond donors (Lipinski definition) is 1. The number of carbonyl (C=O) groups is 1. The fraction of sp³-hybridized carbons (Fsp3) is 0.273. The number of halogens is 1. The molecule has 0 bridgehead atoms. The number of hydrogen-bond acceptors (Lipinski definition) is 6. The van der Waals surface area contributed by atoms with Gasteiger partial charge in [0, 0.05) is 5.56 Å². The van der Waals surface area contributed by atoms with Crippen LogP contribution in [0.3, 0.4) is 0 Å². The molecule has 0 spiro atoms. The highest BCUT2D eigenvalue weighted by molar-refractivity contribution is 14.1. The van der Waals surface area contributed by atoms with Crippen LogP contribution in [-0.4, -0.2) is 39.1 Å². The molecule has 0 atom stereocenters. The first-order valence-electron chi connectivity index (χ1n) is 9.20. The summed E-state index contributed by atoms with van der Waals surface area (Å²) < 4.78 is 22.7. The lowest BCUT2D eigenvalue weighted by Gasteiger charge is -2.12. The minimum absolute atomic E-state index is 0.141. The highest BCUT2D eigenvalue weighted by Gasteiger charge is 2.12.